The summed E-state index contributed by atoms with van der Waals surface area (Å²) in [6.45, 7) is -2.35. The first-order valence-electron chi connectivity index (χ1n) is 9.10. The van der Waals surface area contributed by atoms with Crippen LogP contribution in [-0.2, 0) is 16.1 Å². The van der Waals surface area contributed by atoms with Crippen molar-refractivity contribution in [2.24, 2.45) is 5.92 Å². The maximum absolute atomic E-state index is 12.6. The Kier molecular flexibility index (Phi) is 5.75. The van der Waals surface area contributed by atoms with Gasteiger partial charge in [0.25, 0.3) is 0 Å². The van der Waals surface area contributed by atoms with Crippen molar-refractivity contribution in [3.05, 3.63) is 53.8 Å². The first-order valence-corrected chi connectivity index (χ1v) is 9.98. The fourth-order valence-electron chi connectivity index (χ4n) is 3.23. The number of halogens is 2. The van der Waals surface area contributed by atoms with E-state index < -0.39 is 12.5 Å². The molecule has 1 aromatic carbocycles. The predicted octanol–water partition coefficient (Wildman–Crippen LogP) is 3.99. The third-order valence-corrected chi connectivity index (χ3v) is 5.38. The van der Waals surface area contributed by atoms with E-state index in [1.165, 1.54) is 12.3 Å². The predicted molar refractivity (Wildman–Crippen MR) is 105 cm³/mol. The molecule has 1 saturated heterocycles. The van der Waals surface area contributed by atoms with Crippen LogP contribution in [0.25, 0.3) is 11.3 Å². The second-order valence-corrected chi connectivity index (χ2v) is 7.51. The molecule has 4 rings (SSSR count). The van der Waals surface area contributed by atoms with Crippen LogP contribution in [0.2, 0.25) is 0 Å². The molecule has 1 fully saturated rings. The minimum Gasteiger partial charge on any atom is -0.467 e. The number of para-hydroxylation sites is 1. The number of anilines is 1. The number of thiazole rings is 1. The molecule has 156 valence electrons. The Bertz CT molecular complexity index is 1040. The van der Waals surface area contributed by atoms with Crippen LogP contribution in [0.4, 0.5) is 13.9 Å². The Morgan fingerprint density at radius 2 is 2.17 bits per heavy atom. The molecule has 1 atom stereocenters. The van der Waals surface area contributed by atoms with Crippen LogP contribution >= 0.6 is 11.3 Å². The van der Waals surface area contributed by atoms with Gasteiger partial charge >= 0.3 is 6.61 Å². The van der Waals surface area contributed by atoms with Crippen molar-refractivity contribution in [3.63, 3.8) is 0 Å². The quantitative estimate of drug-likeness (QED) is 0.609. The summed E-state index contributed by atoms with van der Waals surface area (Å²) in [5, 5.41) is 4.67. The SMILES string of the molecule is O=C(Nc1nc(-c2ccccc2OC(F)F)cs1)C1CC(=O)N(Cc2ccco2)C1. The Labute approximate surface area is 174 Å². The molecular weight excluding hydrogens is 416 g/mol. The van der Waals surface area contributed by atoms with E-state index >= 15 is 0 Å². The second-order valence-electron chi connectivity index (χ2n) is 6.66. The van der Waals surface area contributed by atoms with Crippen LogP contribution in [0.5, 0.6) is 5.75 Å². The number of carbonyl (C=O) groups excluding carboxylic acids is 2. The molecule has 10 heteroatoms. The van der Waals surface area contributed by atoms with Crippen molar-refractivity contribution in [2.45, 2.75) is 19.6 Å². The molecule has 1 N–H and O–H groups in total. The lowest BCUT2D eigenvalue weighted by atomic mass is 10.1. The highest BCUT2D eigenvalue weighted by Crippen LogP contribution is 2.33. The van der Waals surface area contributed by atoms with Crippen molar-refractivity contribution in [3.8, 4) is 17.0 Å². The molecule has 7 nitrogen and oxygen atoms in total. The zero-order chi connectivity index (χ0) is 21.1. The molecule has 1 aliphatic rings. The number of aromatic nitrogens is 1. The molecule has 0 bridgehead atoms. The van der Waals surface area contributed by atoms with Crippen LogP contribution in [0.3, 0.4) is 0 Å². The van der Waals surface area contributed by atoms with Gasteiger partial charge in [-0.1, -0.05) is 12.1 Å². The van der Waals surface area contributed by atoms with Gasteiger partial charge in [0, 0.05) is 23.9 Å². The number of furan rings is 1. The lowest BCUT2D eigenvalue weighted by Crippen LogP contribution is -2.27. The normalized spacial score (nSPS) is 16.3. The fourth-order valence-corrected chi connectivity index (χ4v) is 3.94. The Balaban J connectivity index is 1.41. The zero-order valence-corrected chi connectivity index (χ0v) is 16.4. The number of nitrogens with one attached hydrogen (secondary N) is 1. The van der Waals surface area contributed by atoms with E-state index in [0.29, 0.717) is 28.7 Å². The standard InChI is InChI=1S/C20H17F2N3O4S/c21-19(22)29-16-6-2-1-5-14(16)15-11-30-20(23-15)24-18(27)12-8-17(26)25(9-12)10-13-4-3-7-28-13/h1-7,11-12,19H,8-10H2,(H,23,24,27). The molecule has 0 aliphatic carbocycles. The number of rotatable bonds is 7. The number of alkyl halides is 2. The number of benzene rings is 1. The summed E-state index contributed by atoms with van der Waals surface area (Å²) in [5.41, 5.74) is 0.809. The fraction of sp³-hybridized carbons (Fsp3) is 0.250. The van der Waals surface area contributed by atoms with E-state index in [-0.39, 0.29) is 30.5 Å². The summed E-state index contributed by atoms with van der Waals surface area (Å²) >= 11 is 1.16. The lowest BCUT2D eigenvalue weighted by molar-refractivity contribution is -0.128. The third kappa shape index (κ3) is 4.48. The van der Waals surface area contributed by atoms with Crippen LogP contribution in [0.1, 0.15) is 12.2 Å². The monoisotopic (exact) mass is 433 g/mol. The summed E-state index contributed by atoms with van der Waals surface area (Å²) in [5.74, 6) is -0.286. The largest absolute Gasteiger partial charge is 0.467 e. The van der Waals surface area contributed by atoms with Crippen LogP contribution in [0, 0.1) is 5.92 Å². The summed E-state index contributed by atoms with van der Waals surface area (Å²) in [6, 6.07) is 9.82. The highest BCUT2D eigenvalue weighted by molar-refractivity contribution is 7.14. The van der Waals surface area contributed by atoms with Gasteiger partial charge < -0.3 is 19.4 Å². The molecule has 0 radical (unpaired) electrons. The smallest absolute Gasteiger partial charge is 0.387 e. The maximum atomic E-state index is 12.6. The lowest BCUT2D eigenvalue weighted by Gasteiger charge is -2.14. The van der Waals surface area contributed by atoms with Gasteiger partial charge in [0.05, 0.1) is 24.4 Å². The Hall–Kier alpha value is -3.27. The molecule has 2 amide bonds. The van der Waals surface area contributed by atoms with Gasteiger partial charge in [-0.2, -0.15) is 8.78 Å². The molecular formula is C20H17F2N3O4S. The Morgan fingerprint density at radius 1 is 1.33 bits per heavy atom. The van der Waals surface area contributed by atoms with E-state index in [9.17, 15) is 18.4 Å². The highest BCUT2D eigenvalue weighted by Gasteiger charge is 2.35. The number of carbonyl (C=O) groups is 2. The summed E-state index contributed by atoms with van der Waals surface area (Å²) in [4.78, 5) is 30.7. The van der Waals surface area contributed by atoms with Crippen LogP contribution < -0.4 is 10.1 Å². The average Bonchev–Trinajstić information content (AvgIpc) is 3.45. The van der Waals surface area contributed by atoms with Gasteiger partial charge in [-0.25, -0.2) is 4.98 Å². The molecule has 3 aromatic rings. The van der Waals surface area contributed by atoms with Crippen molar-refractivity contribution < 1.29 is 27.5 Å². The molecule has 0 saturated carbocycles. The topological polar surface area (TPSA) is 84.7 Å². The van der Waals surface area contributed by atoms with Gasteiger partial charge in [-0.05, 0) is 24.3 Å². The second kappa shape index (κ2) is 8.62. The van der Waals surface area contributed by atoms with Gasteiger partial charge in [-0.3, -0.25) is 9.59 Å². The number of nitrogens with zero attached hydrogens (tertiary/aromatic N) is 2. The first kappa shape index (κ1) is 20.0. The van der Waals surface area contributed by atoms with Gasteiger partial charge in [0.2, 0.25) is 11.8 Å². The van der Waals surface area contributed by atoms with E-state index in [0.717, 1.165) is 11.3 Å². The molecule has 1 unspecified atom stereocenters. The third-order valence-electron chi connectivity index (χ3n) is 4.63. The van der Waals surface area contributed by atoms with Crippen molar-refractivity contribution in [2.75, 3.05) is 11.9 Å². The van der Waals surface area contributed by atoms with Crippen molar-refractivity contribution in [1.29, 1.82) is 0 Å². The molecule has 30 heavy (non-hydrogen) atoms. The van der Waals surface area contributed by atoms with E-state index in [1.54, 1.807) is 40.6 Å². The first-order chi connectivity index (χ1) is 14.5. The zero-order valence-electron chi connectivity index (χ0n) is 15.6. The minimum atomic E-state index is -2.95. The molecule has 2 aromatic heterocycles. The number of likely N-dealkylation sites (tertiary alicyclic amines) is 1. The van der Waals surface area contributed by atoms with E-state index in [4.69, 9.17) is 4.42 Å². The van der Waals surface area contributed by atoms with E-state index in [2.05, 4.69) is 15.0 Å². The molecule has 0 spiro atoms. The average molecular weight is 433 g/mol. The number of ether oxygens (including phenoxy) is 1. The van der Waals surface area contributed by atoms with Gasteiger partial charge in [0.15, 0.2) is 5.13 Å². The summed E-state index contributed by atoms with van der Waals surface area (Å²) < 4.78 is 35.0. The number of amides is 2. The van der Waals surface area contributed by atoms with E-state index in [1.807, 2.05) is 0 Å². The van der Waals surface area contributed by atoms with Crippen molar-refractivity contribution >= 4 is 28.3 Å². The number of hydrogen-bond donors (Lipinski definition) is 1. The highest BCUT2D eigenvalue weighted by atomic mass is 32.1. The van der Waals surface area contributed by atoms with Crippen molar-refractivity contribution in [1.82, 2.24) is 9.88 Å². The van der Waals surface area contributed by atoms with Crippen LogP contribution in [-0.4, -0.2) is 34.9 Å². The molecule has 3 heterocycles. The number of hydrogen-bond acceptors (Lipinski definition) is 6. The van der Waals surface area contributed by atoms with Gasteiger partial charge in [0.1, 0.15) is 11.5 Å². The van der Waals surface area contributed by atoms with Crippen LogP contribution in [0.15, 0.2) is 52.5 Å². The summed E-state index contributed by atoms with van der Waals surface area (Å²) in [7, 11) is 0. The Morgan fingerprint density at radius 3 is 2.93 bits per heavy atom. The molecule has 1 aliphatic heterocycles. The summed E-state index contributed by atoms with van der Waals surface area (Å²) in [6.07, 6.45) is 1.64. The maximum Gasteiger partial charge on any atom is 0.387 e. The van der Waals surface area contributed by atoms with Gasteiger partial charge in [-0.15, -0.1) is 11.3 Å². The minimum absolute atomic E-state index is 0.00522.